The number of carbonyl (C=O) groups is 1. The third-order valence-corrected chi connectivity index (χ3v) is 6.28. The van der Waals surface area contributed by atoms with Gasteiger partial charge in [0.05, 0.1) is 24.4 Å². The van der Waals surface area contributed by atoms with Crippen molar-refractivity contribution in [3.8, 4) is 5.75 Å². The molecule has 2 aromatic carbocycles. The first-order valence-electron chi connectivity index (χ1n) is 12.3. The zero-order valence-electron chi connectivity index (χ0n) is 20.7. The minimum Gasteiger partial charge on any atom is -0.494 e. The van der Waals surface area contributed by atoms with Gasteiger partial charge in [-0.05, 0) is 62.6 Å². The van der Waals surface area contributed by atoms with E-state index in [4.69, 9.17) is 19.2 Å². The number of esters is 1. The number of pyridine rings is 1. The molecule has 0 N–H and O–H groups in total. The van der Waals surface area contributed by atoms with Gasteiger partial charge in [0.15, 0.2) is 6.10 Å². The second kappa shape index (κ2) is 11.8. The van der Waals surface area contributed by atoms with Gasteiger partial charge < -0.3 is 14.2 Å². The number of aromatic nitrogens is 1. The van der Waals surface area contributed by atoms with E-state index in [0.29, 0.717) is 32.2 Å². The fourth-order valence-corrected chi connectivity index (χ4v) is 4.45. The Hall–Kier alpha value is -3.44. The summed E-state index contributed by atoms with van der Waals surface area (Å²) >= 11 is 0. The Bertz CT molecular complexity index is 1210. The second-order valence-electron chi connectivity index (χ2n) is 8.66. The summed E-state index contributed by atoms with van der Waals surface area (Å²) in [5.74, 6) is 0.783. The van der Waals surface area contributed by atoms with Crippen LogP contribution in [0.4, 0.5) is 0 Å². The molecular formula is C30H33NO4. The first kappa shape index (κ1) is 24.7. The lowest BCUT2D eigenvalue weighted by molar-refractivity contribution is -0.156. The van der Waals surface area contributed by atoms with Gasteiger partial charge in [0.2, 0.25) is 0 Å². The molecule has 0 saturated carbocycles. The van der Waals surface area contributed by atoms with Gasteiger partial charge >= 0.3 is 5.97 Å². The highest BCUT2D eigenvalue weighted by Gasteiger charge is 2.23. The average Bonchev–Trinajstić information content (AvgIpc) is 3.24. The van der Waals surface area contributed by atoms with Gasteiger partial charge in [0, 0.05) is 24.3 Å². The number of para-hydroxylation sites is 1. The van der Waals surface area contributed by atoms with E-state index >= 15 is 0 Å². The number of hydrogen-bond donors (Lipinski definition) is 0. The third-order valence-electron chi connectivity index (χ3n) is 6.28. The lowest BCUT2D eigenvalue weighted by Crippen LogP contribution is -2.28. The van der Waals surface area contributed by atoms with Crippen LogP contribution in [0.5, 0.6) is 5.75 Å². The maximum absolute atomic E-state index is 12.1. The number of allylic oxidation sites excluding steroid dienone is 4. The van der Waals surface area contributed by atoms with Gasteiger partial charge in [-0.3, -0.25) is 0 Å². The van der Waals surface area contributed by atoms with Crippen molar-refractivity contribution >= 4 is 22.4 Å². The normalized spacial score (nSPS) is 16.0. The summed E-state index contributed by atoms with van der Waals surface area (Å²) in [5.41, 5.74) is 5.62. The lowest BCUT2D eigenvalue weighted by Gasteiger charge is -2.18. The number of rotatable bonds is 11. The van der Waals surface area contributed by atoms with Crippen molar-refractivity contribution in [3.63, 3.8) is 0 Å². The van der Waals surface area contributed by atoms with Crippen LogP contribution in [-0.2, 0) is 20.7 Å². The van der Waals surface area contributed by atoms with Gasteiger partial charge in [0.1, 0.15) is 5.75 Å². The molecule has 182 valence electrons. The van der Waals surface area contributed by atoms with Crippen molar-refractivity contribution in [2.24, 2.45) is 5.92 Å². The average molecular weight is 472 g/mol. The van der Waals surface area contributed by atoms with Gasteiger partial charge in [0.25, 0.3) is 0 Å². The van der Waals surface area contributed by atoms with Gasteiger partial charge in [-0.1, -0.05) is 54.1 Å². The smallest absolute Gasteiger partial charge is 0.335 e. The minimum absolute atomic E-state index is 0.291. The van der Waals surface area contributed by atoms with Crippen molar-refractivity contribution < 1.29 is 19.0 Å². The molecule has 0 amide bonds. The highest BCUT2D eigenvalue weighted by molar-refractivity contribution is 5.82. The topological polar surface area (TPSA) is 57.7 Å². The predicted molar refractivity (Wildman–Crippen MR) is 139 cm³/mol. The molecule has 1 heterocycles. The highest BCUT2D eigenvalue weighted by Crippen LogP contribution is 2.36. The molecule has 0 spiro atoms. The Balaban J connectivity index is 1.34. The molecule has 4 rings (SSSR count). The van der Waals surface area contributed by atoms with Crippen molar-refractivity contribution in [2.45, 2.75) is 39.7 Å². The summed E-state index contributed by atoms with van der Waals surface area (Å²) in [5, 5.41) is 1.15. The molecule has 35 heavy (non-hydrogen) atoms. The van der Waals surface area contributed by atoms with Crippen LogP contribution in [0.2, 0.25) is 0 Å². The van der Waals surface area contributed by atoms with E-state index in [0.717, 1.165) is 34.3 Å². The number of benzene rings is 2. The third kappa shape index (κ3) is 6.17. The summed E-state index contributed by atoms with van der Waals surface area (Å²) < 4.78 is 16.8. The molecule has 5 nitrogen and oxygen atoms in total. The summed E-state index contributed by atoms with van der Waals surface area (Å²) in [6.45, 7) is 7.25. The fraction of sp³-hybridized carbons (Fsp3) is 0.333. The molecule has 0 saturated heterocycles. The number of carbonyl (C=O) groups excluding carboxylic acids is 1. The zero-order valence-corrected chi connectivity index (χ0v) is 20.7. The molecule has 0 bridgehead atoms. The number of nitrogens with zero attached hydrogens (tertiary/aromatic N) is 1. The molecule has 1 aliphatic rings. The van der Waals surface area contributed by atoms with Crippen molar-refractivity contribution in [3.05, 3.63) is 89.6 Å². The summed E-state index contributed by atoms with van der Waals surface area (Å²) in [6.07, 6.45) is 5.14. The van der Waals surface area contributed by atoms with Crippen LogP contribution in [-0.4, -0.2) is 36.9 Å². The van der Waals surface area contributed by atoms with E-state index in [1.807, 2.05) is 43.3 Å². The van der Waals surface area contributed by atoms with Gasteiger partial charge in [-0.25, -0.2) is 9.78 Å². The van der Waals surface area contributed by atoms with Crippen LogP contribution in [0.3, 0.4) is 0 Å². The zero-order chi connectivity index (χ0) is 24.6. The fourth-order valence-electron chi connectivity index (χ4n) is 4.45. The Labute approximate surface area is 207 Å². The Kier molecular flexibility index (Phi) is 8.32. The SMILES string of the molecule is CCOC(=O)C(Cc1ccc(OCCC2C(C)=CC=C2c2ccc3ccccc3n2)cc1)OCC. The van der Waals surface area contributed by atoms with E-state index in [9.17, 15) is 4.79 Å². The van der Waals surface area contributed by atoms with Crippen LogP contribution in [0.15, 0.2) is 78.4 Å². The van der Waals surface area contributed by atoms with Gasteiger partial charge in [-0.2, -0.15) is 0 Å². The molecule has 2 atom stereocenters. The van der Waals surface area contributed by atoms with Crippen LogP contribution < -0.4 is 4.74 Å². The quantitative estimate of drug-likeness (QED) is 0.313. The number of fused-ring (bicyclic) bond motifs is 1. The Morgan fingerprint density at radius 2 is 1.77 bits per heavy atom. The van der Waals surface area contributed by atoms with Crippen LogP contribution in [0.25, 0.3) is 16.5 Å². The molecule has 1 aliphatic carbocycles. The highest BCUT2D eigenvalue weighted by atomic mass is 16.6. The maximum Gasteiger partial charge on any atom is 0.335 e. The van der Waals surface area contributed by atoms with Crippen molar-refractivity contribution in [1.29, 1.82) is 0 Å². The Morgan fingerprint density at radius 3 is 2.54 bits per heavy atom. The summed E-state index contributed by atoms with van der Waals surface area (Å²) in [4.78, 5) is 17.0. The van der Waals surface area contributed by atoms with E-state index in [1.54, 1.807) is 6.92 Å². The lowest BCUT2D eigenvalue weighted by atomic mass is 9.91. The van der Waals surface area contributed by atoms with E-state index in [-0.39, 0.29) is 5.97 Å². The molecule has 2 unspecified atom stereocenters. The standard InChI is InChI=1S/C30H33NO4/c1-4-33-29(30(32)34-5-2)20-22-11-14-24(15-12-22)35-19-18-25-21(3)10-16-26(25)28-17-13-23-8-6-7-9-27(23)31-28/h6-17,25,29H,4-5,18-20H2,1-3H3. The van der Waals surface area contributed by atoms with Gasteiger partial charge in [-0.15, -0.1) is 0 Å². The van der Waals surface area contributed by atoms with Crippen LogP contribution >= 0.6 is 0 Å². The molecule has 0 aliphatic heterocycles. The van der Waals surface area contributed by atoms with E-state index in [2.05, 4.69) is 43.3 Å². The first-order chi connectivity index (χ1) is 17.1. The molecule has 0 fully saturated rings. The molecule has 0 radical (unpaired) electrons. The number of hydrogen-bond acceptors (Lipinski definition) is 5. The molecule has 3 aromatic rings. The van der Waals surface area contributed by atoms with Crippen LogP contribution in [0, 0.1) is 5.92 Å². The summed E-state index contributed by atoms with van der Waals surface area (Å²) in [7, 11) is 0. The molecule has 1 aromatic heterocycles. The first-order valence-corrected chi connectivity index (χ1v) is 12.3. The summed E-state index contributed by atoms with van der Waals surface area (Å²) in [6, 6.07) is 20.3. The Morgan fingerprint density at radius 1 is 0.971 bits per heavy atom. The monoisotopic (exact) mass is 471 g/mol. The van der Waals surface area contributed by atoms with E-state index < -0.39 is 6.10 Å². The predicted octanol–water partition coefficient (Wildman–Crippen LogP) is 6.17. The van der Waals surface area contributed by atoms with Crippen LogP contribution in [0.1, 0.15) is 38.4 Å². The maximum atomic E-state index is 12.1. The minimum atomic E-state index is -0.585. The van der Waals surface area contributed by atoms with E-state index in [1.165, 1.54) is 11.1 Å². The van der Waals surface area contributed by atoms with Crippen molar-refractivity contribution in [2.75, 3.05) is 19.8 Å². The molecule has 5 heteroatoms. The van der Waals surface area contributed by atoms with Crippen molar-refractivity contribution in [1.82, 2.24) is 4.98 Å². The molecular weight excluding hydrogens is 438 g/mol. The second-order valence-corrected chi connectivity index (χ2v) is 8.66. The number of ether oxygens (including phenoxy) is 3. The largest absolute Gasteiger partial charge is 0.494 e.